The van der Waals surface area contributed by atoms with Gasteiger partial charge >= 0.3 is 0 Å². The lowest BCUT2D eigenvalue weighted by atomic mass is 10.1. The second-order valence-corrected chi connectivity index (χ2v) is 10.1. The van der Waals surface area contributed by atoms with Crippen LogP contribution in [0.25, 0.3) is 0 Å². The van der Waals surface area contributed by atoms with Gasteiger partial charge in [0.25, 0.3) is 0 Å². The molecule has 200 valence electrons. The first-order valence-corrected chi connectivity index (χ1v) is 13.9. The Morgan fingerprint density at radius 2 is 0.585 bits per heavy atom. The molecule has 0 fully saturated rings. The van der Waals surface area contributed by atoms with Gasteiger partial charge in [-0.15, -0.1) is 0 Å². The molecule has 0 aliphatic carbocycles. The summed E-state index contributed by atoms with van der Waals surface area (Å²) in [5, 5.41) is 0. The number of nitrogens with zero attached hydrogens (tertiary/aromatic N) is 2. The smallest absolute Gasteiger partial charge is 0.127 e. The van der Waals surface area contributed by atoms with Gasteiger partial charge in [-0.3, -0.25) is 0 Å². The molecular weight excluding hydrogens is 500 g/mol. The number of ether oxygens (including phenoxy) is 1. The van der Waals surface area contributed by atoms with Crippen LogP contribution in [-0.4, -0.2) is 0 Å². The van der Waals surface area contributed by atoms with Crippen LogP contribution in [-0.2, 0) is 0 Å². The molecule has 6 rings (SSSR count). The summed E-state index contributed by atoms with van der Waals surface area (Å²) in [5.74, 6) is 1.63. The maximum Gasteiger partial charge on any atom is 0.127 e. The van der Waals surface area contributed by atoms with Crippen molar-refractivity contribution in [1.29, 1.82) is 0 Å². The van der Waals surface area contributed by atoms with Gasteiger partial charge in [-0.25, -0.2) is 0 Å². The van der Waals surface area contributed by atoms with Crippen LogP contribution in [0.3, 0.4) is 0 Å². The first kappa shape index (κ1) is 26.0. The van der Waals surface area contributed by atoms with Gasteiger partial charge in [0.1, 0.15) is 11.5 Å². The van der Waals surface area contributed by atoms with E-state index in [1.165, 1.54) is 11.1 Å². The van der Waals surface area contributed by atoms with Gasteiger partial charge in [-0.1, -0.05) is 71.8 Å². The van der Waals surface area contributed by atoms with Gasteiger partial charge in [-0.05, 0) is 111 Å². The van der Waals surface area contributed by atoms with Crippen molar-refractivity contribution in [2.45, 2.75) is 13.8 Å². The lowest BCUT2D eigenvalue weighted by Crippen LogP contribution is -2.12. The maximum absolute atomic E-state index is 6.09. The van der Waals surface area contributed by atoms with Crippen LogP contribution in [0.5, 0.6) is 11.5 Å². The molecule has 0 amide bonds. The summed E-state index contributed by atoms with van der Waals surface area (Å²) in [5.41, 5.74) is 9.01. The normalized spacial score (nSPS) is 10.7. The number of hydrogen-bond acceptors (Lipinski definition) is 3. The van der Waals surface area contributed by atoms with Crippen LogP contribution in [0.1, 0.15) is 11.1 Å². The third-order valence-electron chi connectivity index (χ3n) is 7.04. The summed E-state index contributed by atoms with van der Waals surface area (Å²) < 4.78 is 6.09. The number of benzene rings is 6. The van der Waals surface area contributed by atoms with E-state index in [4.69, 9.17) is 4.74 Å². The monoisotopic (exact) mass is 532 g/mol. The molecule has 0 saturated carbocycles. The van der Waals surface area contributed by atoms with E-state index in [-0.39, 0.29) is 0 Å². The Bertz CT molecular complexity index is 1680. The Morgan fingerprint density at radius 1 is 0.317 bits per heavy atom. The Morgan fingerprint density at radius 3 is 0.976 bits per heavy atom. The number of anilines is 6. The molecule has 3 nitrogen and oxygen atoms in total. The van der Waals surface area contributed by atoms with E-state index in [1.54, 1.807) is 0 Å². The third kappa shape index (κ3) is 6.00. The van der Waals surface area contributed by atoms with Gasteiger partial charge < -0.3 is 14.5 Å². The molecule has 0 N–H and O–H groups in total. The average molecular weight is 533 g/mol. The molecule has 0 heterocycles. The molecule has 0 aliphatic rings. The standard InChI is InChI=1S/C38H32N2O/c1-29-13-17-33(18-14-29)39(31-9-5-3-6-10-31)34-19-21-35(22-20-34)40(32-11-7-4-8-12-32)36-23-27-38(28-24-36)41-37-25-15-30(2)16-26-37/h3-28H,1-2H3. The van der Waals surface area contributed by atoms with Crippen molar-refractivity contribution in [1.82, 2.24) is 0 Å². The molecule has 3 heteroatoms. The quantitative estimate of drug-likeness (QED) is 0.194. The molecule has 0 atom stereocenters. The molecule has 6 aromatic carbocycles. The van der Waals surface area contributed by atoms with Crippen LogP contribution in [0.15, 0.2) is 158 Å². The van der Waals surface area contributed by atoms with Crippen LogP contribution in [0, 0.1) is 13.8 Å². The minimum Gasteiger partial charge on any atom is -0.457 e. The van der Waals surface area contributed by atoms with Crippen molar-refractivity contribution in [3.63, 3.8) is 0 Å². The topological polar surface area (TPSA) is 15.7 Å². The Balaban J connectivity index is 1.34. The summed E-state index contributed by atoms with van der Waals surface area (Å²) in [7, 11) is 0. The highest BCUT2D eigenvalue weighted by Crippen LogP contribution is 2.39. The van der Waals surface area contributed by atoms with Gasteiger partial charge in [-0.2, -0.15) is 0 Å². The van der Waals surface area contributed by atoms with E-state index in [1.807, 2.05) is 30.3 Å². The van der Waals surface area contributed by atoms with E-state index >= 15 is 0 Å². The van der Waals surface area contributed by atoms with Crippen LogP contribution < -0.4 is 14.5 Å². The van der Waals surface area contributed by atoms with Crippen LogP contribution >= 0.6 is 0 Å². The minimum atomic E-state index is 0.803. The zero-order valence-electron chi connectivity index (χ0n) is 23.3. The third-order valence-corrected chi connectivity index (χ3v) is 7.04. The molecule has 0 bridgehead atoms. The second kappa shape index (κ2) is 11.8. The van der Waals surface area contributed by atoms with Crippen molar-refractivity contribution >= 4 is 34.1 Å². The van der Waals surface area contributed by atoms with E-state index in [9.17, 15) is 0 Å². The first-order valence-electron chi connectivity index (χ1n) is 13.9. The Labute approximate surface area is 242 Å². The first-order chi connectivity index (χ1) is 20.1. The van der Waals surface area contributed by atoms with Crippen molar-refractivity contribution in [2.75, 3.05) is 9.80 Å². The lowest BCUT2D eigenvalue weighted by molar-refractivity contribution is 0.482. The van der Waals surface area contributed by atoms with Gasteiger partial charge in [0.2, 0.25) is 0 Å². The lowest BCUT2D eigenvalue weighted by Gasteiger charge is -2.28. The van der Waals surface area contributed by atoms with Crippen LogP contribution in [0.4, 0.5) is 34.1 Å². The summed E-state index contributed by atoms with van der Waals surface area (Å²) in [4.78, 5) is 4.55. The number of para-hydroxylation sites is 2. The Hall–Kier alpha value is -5.28. The Kier molecular flexibility index (Phi) is 7.51. The predicted molar refractivity (Wildman–Crippen MR) is 172 cm³/mol. The molecule has 0 saturated heterocycles. The van der Waals surface area contributed by atoms with Crippen molar-refractivity contribution in [3.8, 4) is 11.5 Å². The molecule has 0 unspecified atom stereocenters. The molecule has 0 aliphatic heterocycles. The fourth-order valence-corrected chi connectivity index (χ4v) is 4.90. The fourth-order valence-electron chi connectivity index (χ4n) is 4.90. The summed E-state index contributed by atoms with van der Waals surface area (Å²) in [6.45, 7) is 4.19. The highest BCUT2D eigenvalue weighted by atomic mass is 16.5. The average Bonchev–Trinajstić information content (AvgIpc) is 3.02. The predicted octanol–water partition coefficient (Wildman–Crippen LogP) is 11.0. The van der Waals surface area contributed by atoms with Crippen molar-refractivity contribution in [2.24, 2.45) is 0 Å². The largest absolute Gasteiger partial charge is 0.457 e. The highest BCUT2D eigenvalue weighted by molar-refractivity contribution is 5.81. The SMILES string of the molecule is Cc1ccc(Oc2ccc(N(c3ccccc3)c3ccc(N(c4ccccc4)c4ccc(C)cc4)cc3)cc2)cc1. The highest BCUT2D eigenvalue weighted by Gasteiger charge is 2.16. The second-order valence-electron chi connectivity index (χ2n) is 10.1. The zero-order valence-corrected chi connectivity index (χ0v) is 23.3. The minimum absolute atomic E-state index is 0.803. The zero-order chi connectivity index (χ0) is 28.0. The summed E-state index contributed by atoms with van der Waals surface area (Å²) in [6.07, 6.45) is 0. The summed E-state index contributed by atoms with van der Waals surface area (Å²) >= 11 is 0. The number of hydrogen-bond donors (Lipinski definition) is 0. The van der Waals surface area contributed by atoms with E-state index in [0.717, 1.165) is 45.6 Å². The van der Waals surface area contributed by atoms with Gasteiger partial charge in [0.15, 0.2) is 0 Å². The fraction of sp³-hybridized carbons (Fsp3) is 0.0526. The molecule has 0 aromatic heterocycles. The van der Waals surface area contributed by atoms with Gasteiger partial charge in [0, 0.05) is 34.1 Å². The number of rotatable bonds is 8. The van der Waals surface area contributed by atoms with Gasteiger partial charge in [0.05, 0.1) is 0 Å². The molecule has 41 heavy (non-hydrogen) atoms. The van der Waals surface area contributed by atoms with Crippen molar-refractivity contribution < 1.29 is 4.74 Å². The van der Waals surface area contributed by atoms with Crippen LogP contribution in [0.2, 0.25) is 0 Å². The number of aryl methyl sites for hydroxylation is 2. The molecule has 0 radical (unpaired) electrons. The summed E-state index contributed by atoms with van der Waals surface area (Å²) in [6, 6.07) is 54.7. The molecule has 6 aromatic rings. The maximum atomic E-state index is 6.09. The molecule has 0 spiro atoms. The van der Waals surface area contributed by atoms with E-state index in [2.05, 4.69) is 151 Å². The molecular formula is C38H32N2O. The van der Waals surface area contributed by atoms with E-state index < -0.39 is 0 Å². The van der Waals surface area contributed by atoms with Crippen molar-refractivity contribution in [3.05, 3.63) is 169 Å². The van der Waals surface area contributed by atoms with E-state index in [0.29, 0.717) is 0 Å².